The van der Waals surface area contributed by atoms with Crippen molar-refractivity contribution in [2.75, 3.05) is 13.2 Å². The first-order valence-electron chi connectivity index (χ1n) is 18.7. The van der Waals surface area contributed by atoms with Crippen LogP contribution in [0, 0.1) is 0 Å². The van der Waals surface area contributed by atoms with Gasteiger partial charge in [-0.25, -0.2) is 0 Å². The van der Waals surface area contributed by atoms with Crippen LogP contribution in [0.15, 0.2) is 24.3 Å². The Morgan fingerprint density at radius 3 is 0.936 bits per heavy atom. The van der Waals surface area contributed by atoms with Crippen LogP contribution >= 0.6 is 0 Å². The molecule has 0 spiro atoms. The van der Waals surface area contributed by atoms with E-state index in [2.05, 4.69) is 25.3 Å². The molecule has 0 heterocycles. The first-order valence-corrected chi connectivity index (χ1v) is 20.0. The Morgan fingerprint density at radius 2 is 0.723 bits per heavy atom. The van der Waals surface area contributed by atoms with Crippen molar-refractivity contribution in [3.05, 3.63) is 24.3 Å². The maximum Gasteiger partial charge on any atom is 0.138 e. The SMILES string of the molecule is CCCCCCCCCCCCC/C=C/[C@@H](O)[C@@H]([NH3+])CO.CCCCCCCCCCCCC/C=C/[C@@H](O)[C@@H]([NH3+])CO.O=S(=O)([O-])[O-]. The molecule has 10 nitrogen and oxygen atoms in total. The minimum Gasteiger partial charge on any atom is -0.759 e. The minimum absolute atomic E-state index is 0.0655. The quantitative estimate of drug-likeness (QED) is 0.0257. The van der Waals surface area contributed by atoms with Gasteiger partial charge in [-0.15, -0.1) is 0 Å². The molecule has 11 heteroatoms. The molecule has 0 saturated heterocycles. The number of unbranched alkanes of at least 4 members (excludes halogenated alkanes) is 22. The molecule has 0 aromatic carbocycles. The summed E-state index contributed by atoms with van der Waals surface area (Å²) in [6, 6.07) is -0.614. The van der Waals surface area contributed by atoms with Crippen molar-refractivity contribution < 1.29 is 49.4 Å². The third-order valence-corrected chi connectivity index (χ3v) is 8.05. The van der Waals surface area contributed by atoms with Gasteiger partial charge in [0.05, 0.1) is 13.2 Å². The molecule has 0 unspecified atom stereocenters. The lowest BCUT2D eigenvalue weighted by Gasteiger charge is -2.08. The van der Waals surface area contributed by atoms with Gasteiger partial charge in [-0.3, -0.25) is 8.42 Å². The molecular formula is C36H76N2O8S. The lowest BCUT2D eigenvalue weighted by Crippen LogP contribution is -2.67. The van der Waals surface area contributed by atoms with E-state index in [1.165, 1.54) is 141 Å². The van der Waals surface area contributed by atoms with Crippen molar-refractivity contribution in [1.82, 2.24) is 0 Å². The zero-order valence-corrected chi connectivity index (χ0v) is 31.1. The van der Waals surface area contributed by atoms with Crippen LogP contribution in [0.3, 0.4) is 0 Å². The summed E-state index contributed by atoms with van der Waals surface area (Å²) in [7, 11) is -5.17. The van der Waals surface area contributed by atoms with Gasteiger partial charge >= 0.3 is 0 Å². The fourth-order valence-electron chi connectivity index (χ4n) is 4.85. The van der Waals surface area contributed by atoms with Crippen LogP contribution in [-0.4, -0.2) is 75.5 Å². The first kappa shape index (κ1) is 50.5. The molecule has 47 heavy (non-hydrogen) atoms. The summed E-state index contributed by atoms with van der Waals surface area (Å²) in [6.07, 6.45) is 38.3. The predicted molar refractivity (Wildman–Crippen MR) is 190 cm³/mol. The molecular weight excluding hydrogens is 620 g/mol. The van der Waals surface area contributed by atoms with Crippen LogP contribution < -0.4 is 11.5 Å². The number of allylic oxidation sites excluding steroid dienone is 2. The van der Waals surface area contributed by atoms with E-state index in [1.54, 1.807) is 12.2 Å². The fourth-order valence-corrected chi connectivity index (χ4v) is 4.85. The molecule has 0 aromatic rings. The lowest BCUT2D eigenvalue weighted by molar-refractivity contribution is -0.439. The summed E-state index contributed by atoms with van der Waals surface area (Å²) in [6.45, 7) is 4.40. The second kappa shape index (κ2) is 39.5. The molecule has 10 N–H and O–H groups in total. The Kier molecular flexibility index (Phi) is 42.5. The standard InChI is InChI=1S/2C18H37NO2.H2O4S/c2*1-2-3-4-5-6-7-8-9-10-11-12-13-14-15-18(21)17(19)16-20;1-5(2,3)4/h2*14-15,17-18,20-21H,2-13,16,19H2,1H3;(H2,1,2,3,4)/b2*15-14+;/t2*17-,18+;/m00./s1. The first-order chi connectivity index (χ1) is 22.4. The van der Waals surface area contributed by atoms with E-state index in [0.29, 0.717) is 0 Å². The van der Waals surface area contributed by atoms with Crippen LogP contribution in [0.4, 0.5) is 0 Å². The summed E-state index contributed by atoms with van der Waals surface area (Å²) in [4.78, 5) is 0. The number of quaternary nitrogens is 2. The van der Waals surface area contributed by atoms with Crippen molar-refractivity contribution in [3.63, 3.8) is 0 Å². The highest BCUT2D eigenvalue weighted by Crippen LogP contribution is 2.13. The summed E-state index contributed by atoms with van der Waals surface area (Å²) < 4.78 is 34.1. The Labute approximate surface area is 289 Å². The monoisotopic (exact) mass is 697 g/mol. The van der Waals surface area contributed by atoms with Crippen LogP contribution in [0.5, 0.6) is 0 Å². The Bertz CT molecular complexity index is 712. The van der Waals surface area contributed by atoms with Gasteiger partial charge in [0.25, 0.3) is 0 Å². The third-order valence-electron chi connectivity index (χ3n) is 8.05. The van der Waals surface area contributed by atoms with E-state index in [1.807, 2.05) is 12.2 Å². The highest BCUT2D eigenvalue weighted by Gasteiger charge is 2.13. The van der Waals surface area contributed by atoms with Crippen molar-refractivity contribution in [1.29, 1.82) is 0 Å². The molecule has 0 aliphatic rings. The number of hydrogen-bond donors (Lipinski definition) is 6. The van der Waals surface area contributed by atoms with E-state index < -0.39 is 22.6 Å². The van der Waals surface area contributed by atoms with Crippen molar-refractivity contribution in [2.24, 2.45) is 0 Å². The molecule has 0 radical (unpaired) electrons. The van der Waals surface area contributed by atoms with Crippen molar-refractivity contribution in [2.45, 2.75) is 192 Å². The molecule has 0 aliphatic heterocycles. The molecule has 0 amide bonds. The molecule has 0 bridgehead atoms. The Hall–Kier alpha value is -0.890. The molecule has 0 fully saturated rings. The minimum atomic E-state index is -5.17. The van der Waals surface area contributed by atoms with Crippen LogP contribution in [0.2, 0.25) is 0 Å². The zero-order valence-electron chi connectivity index (χ0n) is 30.2. The van der Waals surface area contributed by atoms with Crippen LogP contribution in [0.25, 0.3) is 0 Å². The van der Waals surface area contributed by atoms with Gasteiger partial charge in [-0.2, -0.15) is 0 Å². The van der Waals surface area contributed by atoms with Crippen LogP contribution in [-0.2, 0) is 10.4 Å². The van der Waals surface area contributed by atoms with E-state index in [-0.39, 0.29) is 25.3 Å². The van der Waals surface area contributed by atoms with Gasteiger partial charge in [0.2, 0.25) is 0 Å². The van der Waals surface area contributed by atoms with E-state index in [4.69, 9.17) is 27.7 Å². The van der Waals surface area contributed by atoms with E-state index in [9.17, 15) is 10.2 Å². The zero-order chi connectivity index (χ0) is 36.0. The average Bonchev–Trinajstić information content (AvgIpc) is 3.03. The highest BCUT2D eigenvalue weighted by molar-refractivity contribution is 7.79. The van der Waals surface area contributed by atoms with E-state index in [0.717, 1.165) is 12.8 Å². The Balaban J connectivity index is -0.000000719. The molecule has 284 valence electrons. The van der Waals surface area contributed by atoms with Crippen molar-refractivity contribution in [3.8, 4) is 0 Å². The van der Waals surface area contributed by atoms with Gasteiger partial charge in [-0.1, -0.05) is 167 Å². The number of aliphatic hydroxyl groups excluding tert-OH is 4. The topological polar surface area (TPSA) is 216 Å². The molecule has 0 saturated carbocycles. The van der Waals surface area contributed by atoms with Crippen LogP contribution in [0.1, 0.15) is 168 Å². The number of rotatable bonds is 30. The second-order valence-corrected chi connectivity index (χ2v) is 13.6. The average molecular weight is 697 g/mol. The fraction of sp³-hybridized carbons (Fsp3) is 0.889. The maximum absolute atomic E-state index is 9.59. The molecule has 0 rings (SSSR count). The Morgan fingerprint density at radius 1 is 0.511 bits per heavy atom. The van der Waals surface area contributed by atoms with Crippen molar-refractivity contribution >= 4 is 10.4 Å². The van der Waals surface area contributed by atoms with Gasteiger partial charge < -0.3 is 41.0 Å². The number of aliphatic hydroxyl groups is 4. The molecule has 0 aliphatic carbocycles. The summed E-state index contributed by atoms with van der Waals surface area (Å²) in [5, 5.41) is 36.9. The molecule has 4 atom stereocenters. The lowest BCUT2D eigenvalue weighted by atomic mass is 10.0. The van der Waals surface area contributed by atoms with Gasteiger partial charge in [0, 0.05) is 10.4 Å². The van der Waals surface area contributed by atoms with Gasteiger partial charge in [0.15, 0.2) is 0 Å². The molecule has 0 aromatic heterocycles. The smallest absolute Gasteiger partial charge is 0.138 e. The van der Waals surface area contributed by atoms with Gasteiger partial charge in [0.1, 0.15) is 24.3 Å². The number of hydrogen-bond acceptors (Lipinski definition) is 8. The summed E-state index contributed by atoms with van der Waals surface area (Å²) in [5.41, 5.74) is 7.37. The third kappa shape index (κ3) is 49.6. The van der Waals surface area contributed by atoms with Gasteiger partial charge in [-0.05, 0) is 25.7 Å². The summed E-state index contributed by atoms with van der Waals surface area (Å²) in [5.74, 6) is 0. The maximum atomic E-state index is 9.59. The summed E-state index contributed by atoms with van der Waals surface area (Å²) >= 11 is 0. The second-order valence-electron chi connectivity index (χ2n) is 12.8. The highest BCUT2D eigenvalue weighted by atomic mass is 32.3. The van der Waals surface area contributed by atoms with E-state index >= 15 is 0 Å². The largest absolute Gasteiger partial charge is 0.759 e. The normalized spacial score (nSPS) is 14.3. The predicted octanol–water partition coefficient (Wildman–Crippen LogP) is 5.08.